The zero-order chi connectivity index (χ0) is 14.8. The van der Waals surface area contributed by atoms with Crippen molar-refractivity contribution in [3.8, 4) is 11.5 Å². The van der Waals surface area contributed by atoms with E-state index in [2.05, 4.69) is 27.3 Å². The number of nitrogens with one attached hydrogen (secondary N) is 1. The lowest BCUT2D eigenvalue weighted by atomic mass is 10.3. The Bertz CT molecular complexity index is 715. The van der Waals surface area contributed by atoms with E-state index in [1.165, 1.54) is 19.2 Å². The largest absolute Gasteiger partial charge is 0.456 e. The molecule has 0 heterocycles. The maximum absolute atomic E-state index is 12.0. The molecular weight excluding hydrogens is 391 g/mol. The van der Waals surface area contributed by atoms with Crippen molar-refractivity contribution in [3.63, 3.8) is 0 Å². The average molecular weight is 404 g/mol. The third-order valence-electron chi connectivity index (χ3n) is 2.57. The molecule has 0 saturated heterocycles. The van der Waals surface area contributed by atoms with Crippen LogP contribution in [-0.4, -0.2) is 15.5 Å². The van der Waals surface area contributed by atoms with E-state index in [-0.39, 0.29) is 10.6 Å². The van der Waals surface area contributed by atoms with Gasteiger partial charge in [-0.05, 0) is 72.1 Å². The van der Waals surface area contributed by atoms with E-state index < -0.39 is 10.0 Å². The predicted octanol–water partition coefficient (Wildman–Crippen LogP) is 2.57. The number of hydrogen-bond acceptors (Lipinski definition) is 4. The molecule has 0 saturated carbocycles. The fraction of sp³-hybridized carbons (Fsp3) is 0.0769. The molecule has 2 aromatic carbocycles. The summed E-state index contributed by atoms with van der Waals surface area (Å²) in [7, 11) is -2.30. The molecule has 20 heavy (non-hydrogen) atoms. The van der Waals surface area contributed by atoms with Crippen LogP contribution >= 0.6 is 22.6 Å². The first kappa shape index (κ1) is 15.1. The molecule has 0 bridgehead atoms. The summed E-state index contributed by atoms with van der Waals surface area (Å²) >= 11 is 2.18. The van der Waals surface area contributed by atoms with Crippen molar-refractivity contribution in [1.29, 1.82) is 0 Å². The Morgan fingerprint density at radius 1 is 1.15 bits per heavy atom. The lowest BCUT2D eigenvalue weighted by Gasteiger charge is -2.12. The van der Waals surface area contributed by atoms with Gasteiger partial charge < -0.3 is 10.5 Å². The minimum atomic E-state index is -3.64. The number of nitrogens with two attached hydrogens (primary N) is 1. The number of ether oxygens (including phenoxy) is 1. The highest BCUT2D eigenvalue weighted by molar-refractivity contribution is 14.1. The Balaban J connectivity index is 2.44. The number of nitrogen functional groups attached to an aromatic ring is 1. The number of anilines is 1. The lowest BCUT2D eigenvalue weighted by Crippen LogP contribution is -2.19. The second-order valence-corrected chi connectivity index (χ2v) is 7.07. The normalized spacial score (nSPS) is 11.3. The number of hydrogen-bond donors (Lipinski definition) is 2. The van der Waals surface area contributed by atoms with E-state index in [4.69, 9.17) is 10.5 Å². The van der Waals surface area contributed by atoms with Gasteiger partial charge in [-0.1, -0.05) is 0 Å². The van der Waals surface area contributed by atoms with Gasteiger partial charge in [0.05, 0.1) is 0 Å². The standard InChI is InChI=1S/C13H13IN2O3S/c1-16-20(17,18)13-8-10(15)4-7-12(13)19-11-5-2-9(14)3-6-11/h2-8,16H,15H2,1H3. The van der Waals surface area contributed by atoms with Gasteiger partial charge in [-0.2, -0.15) is 0 Å². The molecule has 0 aliphatic rings. The van der Waals surface area contributed by atoms with Gasteiger partial charge in [-0.3, -0.25) is 0 Å². The van der Waals surface area contributed by atoms with Crippen LogP contribution in [-0.2, 0) is 10.0 Å². The van der Waals surface area contributed by atoms with Crippen LogP contribution in [0.25, 0.3) is 0 Å². The molecular formula is C13H13IN2O3S. The lowest BCUT2D eigenvalue weighted by molar-refractivity contribution is 0.467. The molecule has 5 nitrogen and oxygen atoms in total. The minimum Gasteiger partial charge on any atom is -0.456 e. The van der Waals surface area contributed by atoms with Crippen molar-refractivity contribution in [1.82, 2.24) is 4.72 Å². The van der Waals surface area contributed by atoms with Gasteiger partial charge in [0, 0.05) is 9.26 Å². The van der Waals surface area contributed by atoms with E-state index >= 15 is 0 Å². The van der Waals surface area contributed by atoms with Crippen molar-refractivity contribution in [3.05, 3.63) is 46.0 Å². The maximum Gasteiger partial charge on any atom is 0.244 e. The summed E-state index contributed by atoms with van der Waals surface area (Å²) in [4.78, 5) is 0.0125. The van der Waals surface area contributed by atoms with Crippen molar-refractivity contribution < 1.29 is 13.2 Å². The quantitative estimate of drug-likeness (QED) is 0.607. The van der Waals surface area contributed by atoms with E-state index in [9.17, 15) is 8.42 Å². The highest BCUT2D eigenvalue weighted by Crippen LogP contribution is 2.30. The van der Waals surface area contributed by atoms with E-state index in [0.29, 0.717) is 11.4 Å². The summed E-state index contributed by atoms with van der Waals surface area (Å²) in [5.74, 6) is 0.789. The van der Waals surface area contributed by atoms with Crippen LogP contribution in [0.15, 0.2) is 47.4 Å². The van der Waals surface area contributed by atoms with Gasteiger partial charge in [0.15, 0.2) is 0 Å². The number of benzene rings is 2. The van der Waals surface area contributed by atoms with Gasteiger partial charge >= 0.3 is 0 Å². The molecule has 0 unspecified atom stereocenters. The number of sulfonamides is 1. The monoisotopic (exact) mass is 404 g/mol. The van der Waals surface area contributed by atoms with Crippen LogP contribution in [0, 0.1) is 3.57 Å². The van der Waals surface area contributed by atoms with Crippen LogP contribution < -0.4 is 15.2 Å². The van der Waals surface area contributed by atoms with Crippen LogP contribution in [0.5, 0.6) is 11.5 Å². The highest BCUT2D eigenvalue weighted by atomic mass is 127. The Labute approximate surface area is 131 Å². The molecule has 2 aromatic rings. The number of rotatable bonds is 4. The molecule has 2 rings (SSSR count). The minimum absolute atomic E-state index is 0.0125. The molecule has 0 amide bonds. The molecule has 7 heteroatoms. The summed E-state index contributed by atoms with van der Waals surface area (Å²) in [5, 5.41) is 0. The van der Waals surface area contributed by atoms with Crippen LogP contribution in [0.1, 0.15) is 0 Å². The van der Waals surface area contributed by atoms with Crippen LogP contribution in [0.2, 0.25) is 0 Å². The Hall–Kier alpha value is -1.32. The molecule has 0 radical (unpaired) electrons. The van der Waals surface area contributed by atoms with Crippen molar-refractivity contribution >= 4 is 38.3 Å². The van der Waals surface area contributed by atoms with Crippen molar-refractivity contribution in [2.45, 2.75) is 4.90 Å². The fourth-order valence-corrected chi connectivity index (χ4v) is 2.80. The topological polar surface area (TPSA) is 81.4 Å². The summed E-state index contributed by atoms with van der Waals surface area (Å²) < 4.78 is 32.9. The average Bonchev–Trinajstić information content (AvgIpc) is 2.43. The summed E-state index contributed by atoms with van der Waals surface area (Å²) in [5.41, 5.74) is 6.00. The maximum atomic E-state index is 12.0. The first-order chi connectivity index (χ1) is 9.42. The van der Waals surface area contributed by atoms with E-state index in [0.717, 1.165) is 3.57 Å². The first-order valence-corrected chi connectivity index (χ1v) is 8.25. The zero-order valence-corrected chi connectivity index (χ0v) is 13.6. The second kappa shape index (κ2) is 5.98. The van der Waals surface area contributed by atoms with Crippen molar-refractivity contribution in [2.75, 3.05) is 12.8 Å². The smallest absolute Gasteiger partial charge is 0.244 e. The Kier molecular flexibility index (Phi) is 4.51. The molecule has 0 aliphatic heterocycles. The fourth-order valence-electron chi connectivity index (χ4n) is 1.56. The van der Waals surface area contributed by atoms with Crippen LogP contribution in [0.3, 0.4) is 0 Å². The summed E-state index contributed by atoms with van der Waals surface area (Å²) in [6.45, 7) is 0. The summed E-state index contributed by atoms with van der Waals surface area (Å²) in [6.07, 6.45) is 0. The third-order valence-corrected chi connectivity index (χ3v) is 4.72. The van der Waals surface area contributed by atoms with Gasteiger partial charge in [0.1, 0.15) is 16.4 Å². The van der Waals surface area contributed by atoms with Gasteiger partial charge in [0.2, 0.25) is 10.0 Å². The predicted molar refractivity (Wildman–Crippen MR) is 86.3 cm³/mol. The molecule has 0 aromatic heterocycles. The molecule has 106 valence electrons. The Morgan fingerprint density at radius 2 is 1.80 bits per heavy atom. The Morgan fingerprint density at radius 3 is 2.40 bits per heavy atom. The van der Waals surface area contributed by atoms with E-state index in [1.54, 1.807) is 18.2 Å². The number of halogens is 1. The summed E-state index contributed by atoms with van der Waals surface area (Å²) in [6, 6.07) is 11.8. The second-order valence-electron chi connectivity index (χ2n) is 3.97. The molecule has 0 aliphatic carbocycles. The van der Waals surface area contributed by atoms with Gasteiger partial charge in [-0.15, -0.1) is 0 Å². The first-order valence-electron chi connectivity index (χ1n) is 5.69. The van der Waals surface area contributed by atoms with Gasteiger partial charge in [-0.25, -0.2) is 13.1 Å². The van der Waals surface area contributed by atoms with E-state index in [1.807, 2.05) is 12.1 Å². The van der Waals surface area contributed by atoms with Gasteiger partial charge in [0.25, 0.3) is 0 Å². The molecule has 0 fully saturated rings. The van der Waals surface area contributed by atoms with Crippen molar-refractivity contribution in [2.24, 2.45) is 0 Å². The SMILES string of the molecule is CNS(=O)(=O)c1cc(N)ccc1Oc1ccc(I)cc1. The highest BCUT2D eigenvalue weighted by Gasteiger charge is 2.18. The molecule has 3 N–H and O–H groups in total. The molecule has 0 spiro atoms. The third kappa shape index (κ3) is 3.41. The zero-order valence-electron chi connectivity index (χ0n) is 10.6. The molecule has 0 atom stereocenters. The van der Waals surface area contributed by atoms with Crippen LogP contribution in [0.4, 0.5) is 5.69 Å².